The van der Waals surface area contributed by atoms with Gasteiger partial charge < -0.3 is 15.4 Å². The van der Waals surface area contributed by atoms with Crippen LogP contribution >= 0.6 is 11.6 Å². The molecule has 18 heavy (non-hydrogen) atoms. The predicted octanol–water partition coefficient (Wildman–Crippen LogP) is 1.54. The maximum absolute atomic E-state index is 12.0. The fraction of sp³-hybridized carbons (Fsp3) is 0.500. The summed E-state index contributed by atoms with van der Waals surface area (Å²) in [5, 5.41) is 6.07. The molecule has 1 aliphatic heterocycles. The molecule has 0 saturated carbocycles. The molecule has 1 fully saturated rings. The van der Waals surface area contributed by atoms with Crippen LogP contribution in [0.1, 0.15) is 16.9 Å². The number of nitrogens with one attached hydrogen (secondary N) is 2. The summed E-state index contributed by atoms with van der Waals surface area (Å²) in [7, 11) is 1.74. The molecule has 98 valence electrons. The normalized spacial score (nSPS) is 18.7. The molecule has 1 aliphatic rings. The first-order valence-corrected chi connectivity index (χ1v) is 6.28. The van der Waals surface area contributed by atoms with E-state index in [1.807, 2.05) is 0 Å². The molecule has 1 aromatic heterocycles. The van der Waals surface area contributed by atoms with E-state index in [-0.39, 0.29) is 11.6 Å². The number of hydrogen-bond acceptors (Lipinski definition) is 4. The third-order valence-electron chi connectivity index (χ3n) is 2.89. The SMILES string of the molecule is CNc1ccc(Cl)c(C(=O)NCC2CCOC2)n1. The van der Waals surface area contributed by atoms with Crippen LogP contribution < -0.4 is 10.6 Å². The van der Waals surface area contributed by atoms with Crippen LogP contribution in [0.5, 0.6) is 0 Å². The number of pyridine rings is 1. The molecule has 1 aromatic rings. The molecule has 2 N–H and O–H groups in total. The summed E-state index contributed by atoms with van der Waals surface area (Å²) in [4.78, 5) is 16.1. The van der Waals surface area contributed by atoms with Crippen molar-refractivity contribution in [3.05, 3.63) is 22.8 Å². The third-order valence-corrected chi connectivity index (χ3v) is 3.20. The number of amides is 1. The molecule has 1 amide bonds. The van der Waals surface area contributed by atoms with Gasteiger partial charge in [-0.2, -0.15) is 0 Å². The minimum Gasteiger partial charge on any atom is -0.381 e. The van der Waals surface area contributed by atoms with E-state index in [1.165, 1.54) is 0 Å². The fourth-order valence-corrected chi connectivity index (χ4v) is 2.00. The monoisotopic (exact) mass is 269 g/mol. The Bertz CT molecular complexity index is 433. The van der Waals surface area contributed by atoms with Gasteiger partial charge in [-0.3, -0.25) is 4.79 Å². The molecule has 0 aromatic carbocycles. The molecule has 1 unspecified atom stereocenters. The van der Waals surface area contributed by atoms with Crippen LogP contribution in [-0.2, 0) is 4.74 Å². The van der Waals surface area contributed by atoms with Crippen LogP contribution in [0, 0.1) is 5.92 Å². The number of carbonyl (C=O) groups is 1. The molecule has 2 heterocycles. The second kappa shape index (κ2) is 6.02. The van der Waals surface area contributed by atoms with Gasteiger partial charge in [0.15, 0.2) is 0 Å². The molecular formula is C12H16ClN3O2. The van der Waals surface area contributed by atoms with Crippen molar-refractivity contribution in [2.75, 3.05) is 32.1 Å². The third kappa shape index (κ3) is 3.11. The minimum atomic E-state index is -0.246. The van der Waals surface area contributed by atoms with Crippen molar-refractivity contribution in [1.82, 2.24) is 10.3 Å². The molecule has 0 spiro atoms. The van der Waals surface area contributed by atoms with E-state index in [9.17, 15) is 4.79 Å². The summed E-state index contributed by atoms with van der Waals surface area (Å²) in [6, 6.07) is 3.39. The lowest BCUT2D eigenvalue weighted by Gasteiger charge is -2.10. The van der Waals surface area contributed by atoms with Crippen LogP contribution in [0.4, 0.5) is 5.82 Å². The van der Waals surface area contributed by atoms with Crippen molar-refractivity contribution in [1.29, 1.82) is 0 Å². The fourth-order valence-electron chi connectivity index (χ4n) is 1.81. The lowest BCUT2D eigenvalue weighted by molar-refractivity contribution is 0.0940. The molecule has 0 bridgehead atoms. The lowest BCUT2D eigenvalue weighted by Crippen LogP contribution is -2.30. The zero-order valence-corrected chi connectivity index (χ0v) is 11.0. The Labute approximate surface area is 111 Å². The van der Waals surface area contributed by atoms with Crippen LogP contribution in [-0.4, -0.2) is 37.7 Å². The van der Waals surface area contributed by atoms with Gasteiger partial charge in [0.25, 0.3) is 5.91 Å². The van der Waals surface area contributed by atoms with E-state index >= 15 is 0 Å². The molecule has 1 atom stereocenters. The number of rotatable bonds is 4. The number of carbonyl (C=O) groups excluding carboxylic acids is 1. The van der Waals surface area contributed by atoms with Gasteiger partial charge in [-0.25, -0.2) is 4.98 Å². The van der Waals surface area contributed by atoms with E-state index in [4.69, 9.17) is 16.3 Å². The van der Waals surface area contributed by atoms with E-state index in [0.717, 1.165) is 13.0 Å². The quantitative estimate of drug-likeness (QED) is 0.870. The van der Waals surface area contributed by atoms with Crippen LogP contribution in [0.25, 0.3) is 0 Å². The van der Waals surface area contributed by atoms with E-state index in [2.05, 4.69) is 15.6 Å². The number of nitrogens with zero attached hydrogens (tertiary/aromatic N) is 1. The average molecular weight is 270 g/mol. The molecule has 6 heteroatoms. The minimum absolute atomic E-state index is 0.246. The Hall–Kier alpha value is -1.33. The Morgan fingerprint density at radius 1 is 1.61 bits per heavy atom. The maximum Gasteiger partial charge on any atom is 0.271 e. The van der Waals surface area contributed by atoms with Crippen LogP contribution in [0.3, 0.4) is 0 Å². The highest BCUT2D eigenvalue weighted by molar-refractivity contribution is 6.33. The van der Waals surface area contributed by atoms with Gasteiger partial charge in [0.05, 0.1) is 11.6 Å². The van der Waals surface area contributed by atoms with Gasteiger partial charge in [0.1, 0.15) is 11.5 Å². The topological polar surface area (TPSA) is 63.2 Å². The first kappa shape index (κ1) is 13.1. The van der Waals surface area contributed by atoms with Crippen molar-refractivity contribution in [3.8, 4) is 0 Å². The maximum atomic E-state index is 12.0. The Kier molecular flexibility index (Phi) is 4.38. The van der Waals surface area contributed by atoms with Gasteiger partial charge in [-0.1, -0.05) is 11.6 Å². The van der Waals surface area contributed by atoms with Crippen molar-refractivity contribution >= 4 is 23.3 Å². The predicted molar refractivity (Wildman–Crippen MR) is 70.1 cm³/mol. The van der Waals surface area contributed by atoms with Crippen molar-refractivity contribution in [2.45, 2.75) is 6.42 Å². The van der Waals surface area contributed by atoms with Crippen molar-refractivity contribution < 1.29 is 9.53 Å². The molecule has 5 nitrogen and oxygen atoms in total. The molecule has 0 radical (unpaired) electrons. The summed E-state index contributed by atoms with van der Waals surface area (Å²) < 4.78 is 5.25. The molecule has 1 saturated heterocycles. The van der Waals surface area contributed by atoms with Crippen LogP contribution in [0.15, 0.2) is 12.1 Å². The number of aromatic nitrogens is 1. The zero-order valence-electron chi connectivity index (χ0n) is 10.2. The first-order valence-electron chi connectivity index (χ1n) is 5.91. The highest BCUT2D eigenvalue weighted by Gasteiger charge is 2.18. The highest BCUT2D eigenvalue weighted by atomic mass is 35.5. The number of halogens is 1. The molecule has 0 aliphatic carbocycles. The summed E-state index contributed by atoms with van der Waals surface area (Å²) in [5.41, 5.74) is 0.252. The summed E-state index contributed by atoms with van der Waals surface area (Å²) in [6.45, 7) is 2.08. The first-order chi connectivity index (χ1) is 8.70. The largest absolute Gasteiger partial charge is 0.381 e. The summed E-state index contributed by atoms with van der Waals surface area (Å²) in [6.07, 6.45) is 0.984. The number of ether oxygens (including phenoxy) is 1. The van der Waals surface area contributed by atoms with Gasteiger partial charge in [-0.05, 0) is 18.6 Å². The van der Waals surface area contributed by atoms with Crippen molar-refractivity contribution in [2.24, 2.45) is 5.92 Å². The van der Waals surface area contributed by atoms with Gasteiger partial charge in [0.2, 0.25) is 0 Å². The second-order valence-electron chi connectivity index (χ2n) is 4.22. The average Bonchev–Trinajstić information content (AvgIpc) is 2.89. The lowest BCUT2D eigenvalue weighted by atomic mass is 10.1. The Morgan fingerprint density at radius 2 is 2.44 bits per heavy atom. The van der Waals surface area contributed by atoms with Crippen molar-refractivity contribution in [3.63, 3.8) is 0 Å². The molecule has 2 rings (SSSR count). The van der Waals surface area contributed by atoms with E-state index in [0.29, 0.717) is 29.9 Å². The second-order valence-corrected chi connectivity index (χ2v) is 4.62. The highest BCUT2D eigenvalue weighted by Crippen LogP contribution is 2.17. The van der Waals surface area contributed by atoms with Crippen LogP contribution in [0.2, 0.25) is 5.02 Å². The van der Waals surface area contributed by atoms with Gasteiger partial charge in [0, 0.05) is 26.1 Å². The Morgan fingerprint density at radius 3 is 3.11 bits per heavy atom. The van der Waals surface area contributed by atoms with E-state index < -0.39 is 0 Å². The van der Waals surface area contributed by atoms with E-state index in [1.54, 1.807) is 19.2 Å². The number of anilines is 1. The van der Waals surface area contributed by atoms with Gasteiger partial charge >= 0.3 is 0 Å². The Balaban J connectivity index is 1.98. The smallest absolute Gasteiger partial charge is 0.271 e. The zero-order chi connectivity index (χ0) is 13.0. The number of hydrogen-bond donors (Lipinski definition) is 2. The summed E-state index contributed by atoms with van der Waals surface area (Å²) >= 11 is 5.97. The standard InChI is InChI=1S/C12H16ClN3O2/c1-14-10-3-2-9(13)11(16-10)12(17)15-6-8-4-5-18-7-8/h2-3,8H,4-7H2,1H3,(H,14,16)(H,15,17). The van der Waals surface area contributed by atoms with Gasteiger partial charge in [-0.15, -0.1) is 0 Å². The molecular weight excluding hydrogens is 254 g/mol. The summed E-state index contributed by atoms with van der Waals surface area (Å²) in [5.74, 6) is 0.762.